The number of amides is 6. The van der Waals surface area contributed by atoms with Gasteiger partial charge in [0.2, 0.25) is 23.6 Å². The number of carbonyl (C=O) groups excluding carboxylic acids is 6. The second-order valence-corrected chi connectivity index (χ2v) is 24.8. The van der Waals surface area contributed by atoms with Gasteiger partial charge in [-0.2, -0.15) is 0 Å². The van der Waals surface area contributed by atoms with Gasteiger partial charge >= 0.3 is 12.2 Å². The van der Waals surface area contributed by atoms with Crippen molar-refractivity contribution >= 4 is 75.4 Å². The quantitative estimate of drug-likeness (QED) is 0.150. The van der Waals surface area contributed by atoms with Gasteiger partial charge < -0.3 is 54.1 Å². The zero-order chi connectivity index (χ0) is 58.9. The maximum absolute atomic E-state index is 12.4. The van der Waals surface area contributed by atoms with Gasteiger partial charge in [0.15, 0.2) is 17.0 Å². The zero-order valence-corrected chi connectivity index (χ0v) is 52.4. The molecule has 11 rings (SSSR count). The number of nitrogens with one attached hydrogen (secondary N) is 2. The van der Waals surface area contributed by atoms with Crippen LogP contribution in [0.2, 0.25) is 0 Å². The van der Waals surface area contributed by atoms with Crippen molar-refractivity contribution in [3.05, 3.63) is 24.5 Å². The van der Waals surface area contributed by atoms with Crippen LogP contribution in [0, 0.1) is 30.6 Å². The van der Waals surface area contributed by atoms with Gasteiger partial charge in [-0.15, -0.1) is 0 Å². The fourth-order valence-corrected chi connectivity index (χ4v) is 10.5. The van der Waals surface area contributed by atoms with Crippen LogP contribution in [0.3, 0.4) is 0 Å². The summed E-state index contributed by atoms with van der Waals surface area (Å²) in [6, 6.07) is 0.872. The highest BCUT2D eigenvalue weighted by Crippen LogP contribution is 2.36. The van der Waals surface area contributed by atoms with Gasteiger partial charge in [-0.3, -0.25) is 19.2 Å². The Morgan fingerprint density at radius 3 is 1.52 bits per heavy atom. The van der Waals surface area contributed by atoms with Crippen LogP contribution in [-0.4, -0.2) is 204 Å². The number of likely N-dealkylation sites (tertiary alicyclic amines) is 4. The standard InChI is InChI=1S/C21H26N8O.C14H24N2O3.C13H22N2O3.C9H16N2O.CH3I/c1-4-29-18(15-9-22-13(2)23-10-15)26-17-19(24-12-25-20(17)29)27(3)16-7-8-28(11-16)21(30)14-5-6-14;1-14(2,3)19-13(18)15(4)11-7-8-16(9-11)12(17)10-5-6-10;1-13(2,3)18-12(17)14-10-6-7-15(8-10)11(16)9-4-5-9;1-10-8-4-5-11(6-8)9(12)7-2-3-7;1-2/h9-10,12,14,16H,4-8,11H2,1-3H3;10-11H,5-9H2,1-4H3;9-10H,4-8H2,1-3H3,(H,14,17);7-8,10H,2-6H2,1H3;1H3/t;11-;10-;8-;/m.000./s1. The fraction of sp³-hybridized carbons (Fsp3) is 0.741. The Labute approximate surface area is 493 Å². The number of likely N-dealkylation sites (N-methyl/N-ethyl adjacent to an activating group) is 3. The lowest BCUT2D eigenvalue weighted by atomic mass is 10.2. The van der Waals surface area contributed by atoms with E-state index in [0.717, 1.165) is 157 Å². The third kappa shape index (κ3) is 17.8. The molecule has 7 heterocycles. The summed E-state index contributed by atoms with van der Waals surface area (Å²) in [7, 11) is 5.76. The molecule has 6 amide bonds. The number of nitrogens with zero attached hydrogens (tertiary/aromatic N) is 12. The number of anilines is 1. The molecule has 4 saturated carbocycles. The van der Waals surface area contributed by atoms with Crippen LogP contribution < -0.4 is 15.5 Å². The average molecular weight is 1240 g/mol. The summed E-state index contributed by atoms with van der Waals surface area (Å²) in [5, 5.41) is 6.04. The first-order valence-electron chi connectivity index (χ1n) is 29.4. The van der Waals surface area contributed by atoms with Crippen molar-refractivity contribution in [1.82, 2.24) is 64.6 Å². The van der Waals surface area contributed by atoms with Crippen molar-refractivity contribution in [1.29, 1.82) is 0 Å². The van der Waals surface area contributed by atoms with E-state index in [1.807, 2.05) is 87.1 Å². The number of hydrogen-bond acceptors (Lipinski definition) is 15. The number of rotatable bonds is 11. The second-order valence-electron chi connectivity index (χ2n) is 24.8. The molecule has 0 aromatic carbocycles. The molecule has 81 heavy (non-hydrogen) atoms. The number of carbonyl (C=O) groups is 6. The van der Waals surface area contributed by atoms with Crippen LogP contribution >= 0.6 is 22.6 Å². The lowest BCUT2D eigenvalue weighted by Gasteiger charge is -2.28. The van der Waals surface area contributed by atoms with Gasteiger partial charge in [-0.25, -0.2) is 34.5 Å². The van der Waals surface area contributed by atoms with Crippen LogP contribution in [0.25, 0.3) is 22.6 Å². The molecule has 1 unspecified atom stereocenters. The first kappa shape index (κ1) is 63.1. The Bertz CT molecular complexity index is 2640. The molecule has 8 aliphatic rings. The molecule has 3 aromatic heterocycles. The summed E-state index contributed by atoms with van der Waals surface area (Å²) in [6.45, 7) is 22.0. The lowest BCUT2D eigenvalue weighted by Crippen LogP contribution is -2.42. The normalized spacial score (nSPS) is 22.2. The summed E-state index contributed by atoms with van der Waals surface area (Å²) >= 11 is 2.15. The number of ether oxygens (including phenoxy) is 2. The van der Waals surface area contributed by atoms with Gasteiger partial charge in [0, 0.05) is 121 Å². The highest BCUT2D eigenvalue weighted by atomic mass is 127. The highest BCUT2D eigenvalue weighted by Gasteiger charge is 2.41. The molecular formula is C58H91IN14O8. The number of halogens is 1. The summed E-state index contributed by atoms with van der Waals surface area (Å²) in [6.07, 6.45) is 16.7. The SMILES string of the molecule is CC(C)(C)OC(=O)N[C@H]1CCN(C(=O)C2CC2)C1.CCn1c(-c2cnc(C)nc2)nc2c(N(C)C3CCN(C(=O)C4CC4)C3)ncnc21.CI.CN(C(=O)OC(C)(C)C)[C@H]1CCN(C(=O)C2CC2)C1.CN[C@H]1CCN(C(=O)C2CC2)C1. The molecule has 23 heteroatoms. The van der Waals surface area contributed by atoms with Crippen molar-refractivity contribution in [2.75, 3.05) is 83.3 Å². The molecule has 0 radical (unpaired) electrons. The minimum atomic E-state index is -0.480. The lowest BCUT2D eigenvalue weighted by molar-refractivity contribution is -0.132. The van der Waals surface area contributed by atoms with E-state index in [1.54, 1.807) is 30.7 Å². The Kier molecular flexibility index (Phi) is 21.6. The summed E-state index contributed by atoms with van der Waals surface area (Å²) in [5.41, 5.74) is 1.47. The van der Waals surface area contributed by atoms with Gasteiger partial charge in [0.25, 0.3) is 0 Å². The Hall–Kier alpha value is -5.46. The molecule has 4 aliphatic carbocycles. The van der Waals surface area contributed by atoms with E-state index < -0.39 is 17.3 Å². The number of fused-ring (bicyclic) bond motifs is 1. The van der Waals surface area contributed by atoms with Crippen LogP contribution in [0.15, 0.2) is 18.7 Å². The van der Waals surface area contributed by atoms with E-state index in [-0.39, 0.29) is 53.8 Å². The topological polar surface area (TPSA) is 234 Å². The molecule has 4 aliphatic heterocycles. The van der Waals surface area contributed by atoms with E-state index in [2.05, 4.69) is 69.6 Å². The molecular weight excluding hydrogens is 1150 g/mol. The van der Waals surface area contributed by atoms with Crippen molar-refractivity contribution in [2.45, 2.75) is 174 Å². The summed E-state index contributed by atoms with van der Waals surface area (Å²) in [4.78, 5) is 108. The van der Waals surface area contributed by atoms with E-state index in [0.29, 0.717) is 36.9 Å². The highest BCUT2D eigenvalue weighted by molar-refractivity contribution is 14.1. The van der Waals surface area contributed by atoms with Gasteiger partial charge in [0.05, 0.1) is 17.6 Å². The van der Waals surface area contributed by atoms with Crippen LogP contribution in [0.4, 0.5) is 15.4 Å². The van der Waals surface area contributed by atoms with E-state index in [9.17, 15) is 28.8 Å². The molecule has 8 fully saturated rings. The number of alkyl carbamates (subject to hydrolysis) is 1. The van der Waals surface area contributed by atoms with Crippen molar-refractivity contribution < 1.29 is 38.2 Å². The first-order valence-corrected chi connectivity index (χ1v) is 31.5. The Balaban J connectivity index is 0.000000162. The molecule has 3 aromatic rings. The number of imidazole rings is 1. The van der Waals surface area contributed by atoms with Gasteiger partial charge in [-0.05, 0) is 144 Å². The molecule has 2 N–H and O–H groups in total. The minimum absolute atomic E-state index is 0.0301. The largest absolute Gasteiger partial charge is 0.444 e. The Morgan fingerprint density at radius 1 is 0.617 bits per heavy atom. The third-order valence-electron chi connectivity index (χ3n) is 15.8. The smallest absolute Gasteiger partial charge is 0.410 e. The number of hydrogen-bond donors (Lipinski definition) is 2. The Morgan fingerprint density at radius 2 is 1.06 bits per heavy atom. The maximum Gasteiger partial charge on any atom is 0.410 e. The zero-order valence-electron chi connectivity index (χ0n) is 50.2. The number of alkyl halides is 1. The van der Waals surface area contributed by atoms with Crippen LogP contribution in [-0.2, 0) is 35.2 Å². The predicted molar refractivity (Wildman–Crippen MR) is 318 cm³/mol. The maximum atomic E-state index is 12.4. The molecule has 448 valence electrons. The fourth-order valence-electron chi connectivity index (χ4n) is 10.5. The van der Waals surface area contributed by atoms with Gasteiger partial charge in [-0.1, -0.05) is 22.6 Å². The molecule has 4 atom stereocenters. The average Bonchev–Trinajstić information content (AvgIpc) is 4.33. The molecule has 0 bridgehead atoms. The second kappa shape index (κ2) is 27.7. The van der Waals surface area contributed by atoms with Gasteiger partial charge in [0.1, 0.15) is 29.2 Å². The molecule has 22 nitrogen and oxygen atoms in total. The summed E-state index contributed by atoms with van der Waals surface area (Å²) < 4.78 is 12.6. The van der Waals surface area contributed by atoms with Crippen molar-refractivity contribution in [3.8, 4) is 11.4 Å². The first-order chi connectivity index (χ1) is 38.5. The summed E-state index contributed by atoms with van der Waals surface area (Å²) in [5.74, 6) is 4.71. The minimum Gasteiger partial charge on any atom is -0.444 e. The van der Waals surface area contributed by atoms with Crippen molar-refractivity contribution in [2.24, 2.45) is 23.7 Å². The van der Waals surface area contributed by atoms with Crippen LogP contribution in [0.5, 0.6) is 0 Å². The van der Waals surface area contributed by atoms with Crippen molar-refractivity contribution in [3.63, 3.8) is 0 Å². The van der Waals surface area contributed by atoms with Crippen LogP contribution in [0.1, 0.15) is 131 Å². The third-order valence-corrected chi connectivity index (χ3v) is 15.8. The van der Waals surface area contributed by atoms with E-state index >= 15 is 0 Å². The van der Waals surface area contributed by atoms with E-state index in [4.69, 9.17) is 14.5 Å². The number of aromatic nitrogens is 6. The predicted octanol–water partition coefficient (Wildman–Crippen LogP) is 6.71. The monoisotopic (exact) mass is 1240 g/mol. The van der Waals surface area contributed by atoms with E-state index in [1.165, 1.54) is 0 Å². The molecule has 0 spiro atoms. The molecule has 4 saturated heterocycles. The number of aryl methyl sites for hydroxylation is 2.